The maximum absolute atomic E-state index is 14.2. The predicted molar refractivity (Wildman–Crippen MR) is 221 cm³/mol. The predicted octanol–water partition coefficient (Wildman–Crippen LogP) is 9.74. The van der Waals surface area contributed by atoms with Crippen molar-refractivity contribution >= 4 is 41.5 Å². The van der Waals surface area contributed by atoms with Gasteiger partial charge in [0.1, 0.15) is 0 Å². The summed E-state index contributed by atoms with van der Waals surface area (Å²) in [5.74, 6) is 1.32. The Kier molecular flexibility index (Phi) is 17.2. The molecule has 10 heteroatoms. The summed E-state index contributed by atoms with van der Waals surface area (Å²) in [5, 5.41) is 0. The Bertz CT molecular complexity index is 1420. The van der Waals surface area contributed by atoms with E-state index in [1.807, 2.05) is 26.0 Å². The van der Waals surface area contributed by atoms with Gasteiger partial charge in [-0.2, -0.15) is 0 Å². The van der Waals surface area contributed by atoms with E-state index >= 15 is 0 Å². The molecule has 0 aliphatic carbocycles. The molecule has 52 heavy (non-hydrogen) atoms. The van der Waals surface area contributed by atoms with Crippen LogP contribution in [0.5, 0.6) is 11.5 Å². The molecule has 1 saturated heterocycles. The van der Waals surface area contributed by atoms with Crippen LogP contribution in [0.2, 0.25) is 51.4 Å². The summed E-state index contributed by atoms with van der Waals surface area (Å²) < 4.78 is 38.4. The number of hydrogen-bond donors (Lipinski definition) is 0. The summed E-state index contributed by atoms with van der Waals surface area (Å²) in [6.07, 6.45) is 5.98. The molecule has 1 fully saturated rings. The van der Waals surface area contributed by atoms with Crippen molar-refractivity contribution < 1.29 is 33.2 Å². The van der Waals surface area contributed by atoms with Crippen LogP contribution in [0.3, 0.4) is 0 Å². The van der Waals surface area contributed by atoms with E-state index in [2.05, 4.69) is 109 Å². The molecule has 1 aliphatic heterocycles. The summed E-state index contributed by atoms with van der Waals surface area (Å²) in [6, 6.07) is 16.4. The Morgan fingerprint density at radius 1 is 0.904 bits per heavy atom. The van der Waals surface area contributed by atoms with Gasteiger partial charge in [-0.25, -0.2) is 0 Å². The molecule has 0 N–H and O–H groups in total. The summed E-state index contributed by atoms with van der Waals surface area (Å²) in [4.78, 5) is 14.2. The van der Waals surface area contributed by atoms with E-state index in [0.29, 0.717) is 42.1 Å². The topological polar surface area (TPSA) is 72.5 Å². The van der Waals surface area contributed by atoms with Crippen molar-refractivity contribution in [1.29, 1.82) is 0 Å². The molecule has 3 rings (SSSR count). The second kappa shape index (κ2) is 20.1. The van der Waals surface area contributed by atoms with Crippen LogP contribution in [0.25, 0.3) is 0 Å². The first kappa shape index (κ1) is 44.5. The van der Waals surface area contributed by atoms with Crippen molar-refractivity contribution in [2.45, 2.75) is 129 Å². The molecular formula is C42H68O7SeSi2. The summed E-state index contributed by atoms with van der Waals surface area (Å²) in [7, 11) is -1.18. The molecule has 0 amide bonds. The van der Waals surface area contributed by atoms with Gasteiger partial charge in [0.15, 0.2) is 0 Å². The van der Waals surface area contributed by atoms with Gasteiger partial charge in [0.2, 0.25) is 0 Å². The molecular weight excluding hydrogens is 752 g/mol. The third-order valence-corrected chi connectivity index (χ3v) is 15.6. The SMILES string of the molecule is COCOc1cc(OCC[Si](C)(C)C)cc(C(CC[C@@H]2OC(C)(C)O[C@@H]2C(C)/C=C\[C@@H](C)C(C)C)[Se]c2ccccc2)c1C(=O)OCC[Si](C)(C)C. The Balaban J connectivity index is 2.09. The standard InChI is InChI=1S/C42H68O7SeSi2/c1-30(2)31(3)19-20-32(4)40-36(48-42(5,6)49-40)21-22-38(50-34-17-15-14-16-18-34)35-27-33(45-23-25-51(8,9)10)28-37(47-29-44-7)39(35)41(43)46-24-26-52(11,12)13/h14-20,27-28,30-32,36,38,40H,21-26,29H2,1-13H3/b20-19-/t31-,32?,36+,38?,40-/m1/s1. The molecule has 0 radical (unpaired) electrons. The Hall–Kier alpha value is -1.92. The fourth-order valence-electron chi connectivity index (χ4n) is 5.87. The normalized spacial score (nSPS) is 19.5. The molecule has 0 aromatic heterocycles. The first-order valence-corrected chi connectivity index (χ1v) is 28.4. The zero-order valence-electron chi connectivity index (χ0n) is 34.4. The molecule has 5 atom stereocenters. The fourth-order valence-corrected chi connectivity index (χ4v) is 9.84. The van der Waals surface area contributed by atoms with Crippen molar-refractivity contribution in [3.8, 4) is 11.5 Å². The van der Waals surface area contributed by atoms with Crippen molar-refractivity contribution in [3.05, 3.63) is 65.7 Å². The quantitative estimate of drug-likeness (QED) is 0.0538. The van der Waals surface area contributed by atoms with Gasteiger partial charge in [-0.3, -0.25) is 0 Å². The maximum atomic E-state index is 14.2. The van der Waals surface area contributed by atoms with Gasteiger partial charge in [-0.15, -0.1) is 0 Å². The first-order chi connectivity index (χ1) is 24.3. The Morgan fingerprint density at radius 2 is 1.56 bits per heavy atom. The second-order valence-corrected chi connectivity index (χ2v) is 31.4. The zero-order valence-corrected chi connectivity index (χ0v) is 38.1. The molecule has 1 aliphatic rings. The van der Waals surface area contributed by atoms with E-state index in [9.17, 15) is 4.79 Å². The van der Waals surface area contributed by atoms with Crippen molar-refractivity contribution in [3.63, 3.8) is 0 Å². The molecule has 1 heterocycles. The zero-order chi connectivity index (χ0) is 38.7. The van der Waals surface area contributed by atoms with Crippen LogP contribution in [-0.4, -0.2) is 82.2 Å². The third-order valence-electron chi connectivity index (χ3n) is 9.44. The van der Waals surface area contributed by atoms with Crippen LogP contribution < -0.4 is 13.9 Å². The van der Waals surface area contributed by atoms with E-state index in [0.717, 1.165) is 30.5 Å². The number of rotatable bonds is 21. The molecule has 2 aromatic rings. The number of ether oxygens (including phenoxy) is 6. The molecule has 0 bridgehead atoms. The second-order valence-electron chi connectivity index (χ2n) is 17.5. The number of methoxy groups -OCH3 is 1. The van der Waals surface area contributed by atoms with Crippen LogP contribution in [0.15, 0.2) is 54.6 Å². The number of benzene rings is 2. The van der Waals surface area contributed by atoms with Gasteiger partial charge in [-0.05, 0) is 0 Å². The number of carbonyl (C=O) groups excluding carboxylic acids is 1. The van der Waals surface area contributed by atoms with Gasteiger partial charge in [-0.1, -0.05) is 0 Å². The Labute approximate surface area is 324 Å². The third kappa shape index (κ3) is 15.1. The number of allylic oxidation sites excluding steroid dienone is 1. The average molecular weight is 820 g/mol. The monoisotopic (exact) mass is 820 g/mol. The van der Waals surface area contributed by atoms with Gasteiger partial charge in [0.05, 0.1) is 0 Å². The van der Waals surface area contributed by atoms with Crippen molar-refractivity contribution in [2.75, 3.05) is 27.1 Å². The molecule has 2 aromatic carbocycles. The van der Waals surface area contributed by atoms with E-state index in [1.54, 1.807) is 7.11 Å². The van der Waals surface area contributed by atoms with Gasteiger partial charge in [0, 0.05) is 0 Å². The molecule has 7 nitrogen and oxygen atoms in total. The first-order valence-electron chi connectivity index (χ1n) is 19.1. The van der Waals surface area contributed by atoms with E-state index < -0.39 is 21.9 Å². The number of hydrogen-bond acceptors (Lipinski definition) is 7. The Morgan fingerprint density at radius 3 is 2.17 bits per heavy atom. The van der Waals surface area contributed by atoms with Crippen molar-refractivity contribution in [1.82, 2.24) is 0 Å². The fraction of sp³-hybridized carbons (Fsp3) is 0.643. The summed E-state index contributed by atoms with van der Waals surface area (Å²) in [6.45, 7) is 27.9. The van der Waals surface area contributed by atoms with E-state index in [-0.39, 0.29) is 50.7 Å². The van der Waals surface area contributed by atoms with Crippen LogP contribution in [0.1, 0.15) is 75.1 Å². The summed E-state index contributed by atoms with van der Waals surface area (Å²) in [5.41, 5.74) is 1.36. The molecule has 292 valence electrons. The van der Waals surface area contributed by atoms with Gasteiger partial charge < -0.3 is 0 Å². The van der Waals surface area contributed by atoms with Gasteiger partial charge >= 0.3 is 325 Å². The van der Waals surface area contributed by atoms with Crippen LogP contribution in [-0.2, 0) is 18.9 Å². The van der Waals surface area contributed by atoms with Gasteiger partial charge in [0.25, 0.3) is 0 Å². The van der Waals surface area contributed by atoms with E-state index in [4.69, 9.17) is 28.4 Å². The minimum absolute atomic E-state index is 0.000323. The average Bonchev–Trinajstić information content (AvgIpc) is 3.37. The summed E-state index contributed by atoms with van der Waals surface area (Å²) >= 11 is -0.0349. The molecule has 0 spiro atoms. The number of carbonyl (C=O) groups is 1. The van der Waals surface area contributed by atoms with Crippen molar-refractivity contribution in [2.24, 2.45) is 17.8 Å². The van der Waals surface area contributed by atoms with Crippen LogP contribution >= 0.6 is 0 Å². The van der Waals surface area contributed by atoms with Crippen LogP contribution in [0, 0.1) is 17.8 Å². The molecule has 2 unspecified atom stereocenters. The van der Waals surface area contributed by atoms with E-state index in [1.165, 1.54) is 4.46 Å². The van der Waals surface area contributed by atoms with Crippen LogP contribution in [0.4, 0.5) is 0 Å². The number of esters is 1. The molecule has 0 saturated carbocycles. The minimum atomic E-state index is -1.43.